The predicted molar refractivity (Wildman–Crippen MR) is 58.9 cm³/mol. The van der Waals surface area contributed by atoms with E-state index in [9.17, 15) is 4.79 Å². The minimum atomic E-state index is -0.796. The van der Waals surface area contributed by atoms with Crippen LogP contribution in [0.25, 0.3) is 0 Å². The van der Waals surface area contributed by atoms with Gasteiger partial charge in [-0.05, 0) is 18.9 Å². The smallest absolute Gasteiger partial charge is 0.320 e. The molecule has 16 heavy (non-hydrogen) atoms. The highest BCUT2D eigenvalue weighted by Crippen LogP contribution is 2.01. The van der Waals surface area contributed by atoms with Gasteiger partial charge in [-0.15, -0.1) is 5.10 Å². The van der Waals surface area contributed by atoms with Crippen LogP contribution in [-0.4, -0.2) is 38.7 Å². The lowest BCUT2D eigenvalue weighted by atomic mass is 10.0. The van der Waals surface area contributed by atoms with Crippen LogP contribution in [-0.2, 0) is 11.3 Å². The summed E-state index contributed by atoms with van der Waals surface area (Å²) in [5.41, 5.74) is 0. The molecule has 1 atom stereocenters. The van der Waals surface area contributed by atoms with Crippen molar-refractivity contribution in [2.24, 2.45) is 5.92 Å². The quantitative estimate of drug-likeness (QED) is 0.656. The standard InChI is InChI=1S/C10H18N4O2/c1-8(2)9(10(15)16)11-4-3-6-14-7-5-12-13-14/h5,7-9,11H,3-4,6H2,1-2H3,(H,15,16). The molecule has 0 aliphatic carbocycles. The predicted octanol–water partition coefficient (Wildman–Crippen LogP) is 0.367. The number of carbonyl (C=O) groups is 1. The lowest BCUT2D eigenvalue weighted by Crippen LogP contribution is -2.41. The summed E-state index contributed by atoms with van der Waals surface area (Å²) < 4.78 is 1.73. The summed E-state index contributed by atoms with van der Waals surface area (Å²) >= 11 is 0. The second-order valence-corrected chi connectivity index (χ2v) is 4.03. The molecule has 1 heterocycles. The van der Waals surface area contributed by atoms with E-state index >= 15 is 0 Å². The Balaban J connectivity index is 2.21. The van der Waals surface area contributed by atoms with Crippen molar-refractivity contribution in [3.63, 3.8) is 0 Å². The van der Waals surface area contributed by atoms with Crippen LogP contribution in [0, 0.1) is 5.92 Å². The van der Waals surface area contributed by atoms with Crippen LogP contribution in [0.15, 0.2) is 12.4 Å². The average Bonchev–Trinajstić information content (AvgIpc) is 2.68. The number of carboxylic acid groups (broad SMARTS) is 1. The van der Waals surface area contributed by atoms with Gasteiger partial charge >= 0.3 is 5.97 Å². The van der Waals surface area contributed by atoms with Gasteiger partial charge in [0.15, 0.2) is 0 Å². The van der Waals surface area contributed by atoms with Crippen molar-refractivity contribution in [2.45, 2.75) is 32.9 Å². The van der Waals surface area contributed by atoms with Gasteiger partial charge in [0.05, 0.1) is 6.20 Å². The van der Waals surface area contributed by atoms with E-state index in [2.05, 4.69) is 15.6 Å². The Morgan fingerprint density at radius 2 is 2.31 bits per heavy atom. The van der Waals surface area contributed by atoms with E-state index in [-0.39, 0.29) is 5.92 Å². The molecule has 0 aromatic carbocycles. The Labute approximate surface area is 94.7 Å². The van der Waals surface area contributed by atoms with E-state index in [4.69, 9.17) is 5.11 Å². The number of hydrogen-bond acceptors (Lipinski definition) is 4. The highest BCUT2D eigenvalue weighted by molar-refractivity contribution is 5.73. The number of nitrogens with one attached hydrogen (secondary N) is 1. The Kier molecular flexibility index (Phi) is 4.91. The molecule has 0 aliphatic heterocycles. The molecule has 1 aromatic rings. The molecule has 0 aliphatic rings. The van der Waals surface area contributed by atoms with Crippen molar-refractivity contribution in [2.75, 3.05) is 6.54 Å². The number of carboxylic acids is 1. The summed E-state index contributed by atoms with van der Waals surface area (Å²) in [6.45, 7) is 5.19. The van der Waals surface area contributed by atoms with Gasteiger partial charge in [0, 0.05) is 12.7 Å². The second-order valence-electron chi connectivity index (χ2n) is 4.03. The maximum absolute atomic E-state index is 10.9. The van der Waals surface area contributed by atoms with E-state index in [1.54, 1.807) is 17.1 Å². The molecule has 1 unspecified atom stereocenters. The lowest BCUT2D eigenvalue weighted by Gasteiger charge is -2.17. The third-order valence-corrected chi connectivity index (χ3v) is 2.33. The van der Waals surface area contributed by atoms with E-state index in [0.717, 1.165) is 13.0 Å². The molecular formula is C10H18N4O2. The minimum absolute atomic E-state index is 0.0869. The van der Waals surface area contributed by atoms with Crippen LogP contribution in [0.3, 0.4) is 0 Å². The van der Waals surface area contributed by atoms with Crippen molar-refractivity contribution < 1.29 is 9.90 Å². The van der Waals surface area contributed by atoms with Gasteiger partial charge < -0.3 is 10.4 Å². The first kappa shape index (κ1) is 12.6. The fraction of sp³-hybridized carbons (Fsp3) is 0.700. The van der Waals surface area contributed by atoms with Gasteiger partial charge in [-0.3, -0.25) is 9.48 Å². The van der Waals surface area contributed by atoms with Crippen LogP contribution >= 0.6 is 0 Å². The molecule has 90 valence electrons. The Morgan fingerprint density at radius 1 is 1.56 bits per heavy atom. The number of hydrogen-bond donors (Lipinski definition) is 2. The van der Waals surface area contributed by atoms with Crippen molar-refractivity contribution >= 4 is 5.97 Å². The topological polar surface area (TPSA) is 80.0 Å². The van der Waals surface area contributed by atoms with Crippen LogP contribution in [0.2, 0.25) is 0 Å². The van der Waals surface area contributed by atoms with Crippen LogP contribution < -0.4 is 5.32 Å². The van der Waals surface area contributed by atoms with Crippen LogP contribution in [0.1, 0.15) is 20.3 Å². The zero-order valence-corrected chi connectivity index (χ0v) is 9.63. The molecule has 0 spiro atoms. The minimum Gasteiger partial charge on any atom is -0.480 e. The number of aromatic nitrogens is 3. The summed E-state index contributed by atoms with van der Waals surface area (Å²) in [5.74, 6) is -0.709. The maximum atomic E-state index is 10.9. The molecule has 0 radical (unpaired) electrons. The zero-order chi connectivity index (χ0) is 12.0. The van der Waals surface area contributed by atoms with Gasteiger partial charge in [-0.25, -0.2) is 0 Å². The third kappa shape index (κ3) is 3.98. The number of aryl methyl sites for hydroxylation is 1. The molecule has 0 amide bonds. The molecule has 0 fully saturated rings. The van der Waals surface area contributed by atoms with E-state index in [1.807, 2.05) is 13.8 Å². The summed E-state index contributed by atoms with van der Waals surface area (Å²) in [6, 6.07) is -0.476. The number of aliphatic carboxylic acids is 1. The Hall–Kier alpha value is -1.43. The SMILES string of the molecule is CC(C)C(NCCCn1ccnn1)C(=O)O. The molecule has 0 saturated carbocycles. The first-order chi connectivity index (χ1) is 7.61. The maximum Gasteiger partial charge on any atom is 0.320 e. The van der Waals surface area contributed by atoms with Crippen LogP contribution in [0.5, 0.6) is 0 Å². The largest absolute Gasteiger partial charge is 0.480 e. The van der Waals surface area contributed by atoms with Crippen molar-refractivity contribution in [3.05, 3.63) is 12.4 Å². The Morgan fingerprint density at radius 3 is 2.81 bits per heavy atom. The Bertz CT molecular complexity index is 311. The fourth-order valence-electron chi connectivity index (χ4n) is 1.46. The molecule has 1 rings (SSSR count). The van der Waals surface area contributed by atoms with Crippen molar-refractivity contribution in [1.29, 1.82) is 0 Å². The summed E-state index contributed by atoms with van der Waals surface area (Å²) in [6.07, 6.45) is 4.25. The number of nitrogens with zero attached hydrogens (tertiary/aromatic N) is 3. The first-order valence-electron chi connectivity index (χ1n) is 5.41. The lowest BCUT2D eigenvalue weighted by molar-refractivity contribution is -0.140. The highest BCUT2D eigenvalue weighted by Gasteiger charge is 2.19. The van der Waals surface area contributed by atoms with Gasteiger partial charge in [0.2, 0.25) is 0 Å². The van der Waals surface area contributed by atoms with Gasteiger partial charge in [-0.1, -0.05) is 19.1 Å². The van der Waals surface area contributed by atoms with Gasteiger partial charge in [0.1, 0.15) is 6.04 Å². The molecule has 6 heteroatoms. The van der Waals surface area contributed by atoms with Gasteiger partial charge in [-0.2, -0.15) is 0 Å². The molecule has 0 bridgehead atoms. The van der Waals surface area contributed by atoms with Crippen molar-refractivity contribution in [3.8, 4) is 0 Å². The van der Waals surface area contributed by atoms with Crippen LogP contribution in [0.4, 0.5) is 0 Å². The molecule has 2 N–H and O–H groups in total. The monoisotopic (exact) mass is 226 g/mol. The molecule has 6 nitrogen and oxygen atoms in total. The van der Waals surface area contributed by atoms with E-state index in [1.165, 1.54) is 0 Å². The molecular weight excluding hydrogens is 208 g/mol. The average molecular weight is 226 g/mol. The zero-order valence-electron chi connectivity index (χ0n) is 9.63. The second kappa shape index (κ2) is 6.22. The summed E-state index contributed by atoms with van der Waals surface area (Å²) in [5, 5.41) is 19.5. The third-order valence-electron chi connectivity index (χ3n) is 2.33. The van der Waals surface area contributed by atoms with E-state index in [0.29, 0.717) is 6.54 Å². The van der Waals surface area contributed by atoms with Crippen molar-refractivity contribution in [1.82, 2.24) is 20.3 Å². The summed E-state index contributed by atoms with van der Waals surface area (Å²) in [7, 11) is 0. The fourth-order valence-corrected chi connectivity index (χ4v) is 1.46. The first-order valence-corrected chi connectivity index (χ1v) is 5.41. The summed E-state index contributed by atoms with van der Waals surface area (Å²) in [4.78, 5) is 10.9. The highest BCUT2D eigenvalue weighted by atomic mass is 16.4. The molecule has 0 saturated heterocycles. The van der Waals surface area contributed by atoms with Gasteiger partial charge in [0.25, 0.3) is 0 Å². The molecule has 1 aromatic heterocycles. The number of rotatable bonds is 7. The normalized spacial score (nSPS) is 12.9. The van der Waals surface area contributed by atoms with E-state index < -0.39 is 12.0 Å².